The number of rotatable bonds is 4. The van der Waals surface area contributed by atoms with Crippen LogP contribution in [0.4, 0.5) is 0 Å². The molecule has 4 nitrogen and oxygen atoms in total. The summed E-state index contributed by atoms with van der Waals surface area (Å²) in [6.45, 7) is 0. The van der Waals surface area contributed by atoms with Gasteiger partial charge in [0.2, 0.25) is 0 Å². The van der Waals surface area contributed by atoms with E-state index < -0.39 is 0 Å². The molecule has 0 aliphatic rings. The Kier molecular flexibility index (Phi) is 5.68. The molecule has 6 heteroatoms. The van der Waals surface area contributed by atoms with Gasteiger partial charge in [-0.15, -0.1) is 0 Å². The zero-order valence-corrected chi connectivity index (χ0v) is 15.4. The van der Waals surface area contributed by atoms with Crippen molar-refractivity contribution < 1.29 is 19.4 Å². The average molecular weight is 510 g/mol. The molecule has 0 aliphatic heterocycles. The van der Waals surface area contributed by atoms with Crippen molar-refractivity contribution in [3.05, 3.63) is 49.1 Å². The fourth-order valence-electron chi connectivity index (χ4n) is 1.68. The van der Waals surface area contributed by atoms with E-state index in [1.54, 1.807) is 24.3 Å². The van der Waals surface area contributed by atoms with Gasteiger partial charge < -0.3 is 14.6 Å². The van der Waals surface area contributed by atoms with Gasteiger partial charge in [-0.2, -0.15) is 0 Å². The van der Waals surface area contributed by atoms with Gasteiger partial charge in [-0.3, -0.25) is 4.79 Å². The van der Waals surface area contributed by atoms with Gasteiger partial charge >= 0.3 is 5.97 Å². The minimum Gasteiger partial charge on any atom is -0.508 e. The largest absolute Gasteiger partial charge is 0.508 e. The third kappa shape index (κ3) is 4.47. The van der Waals surface area contributed by atoms with Crippen LogP contribution in [0.2, 0.25) is 0 Å². The molecule has 0 fully saturated rings. The Balaban J connectivity index is 2.24. The second-order valence-electron chi connectivity index (χ2n) is 4.24. The molecule has 2 rings (SSSR count). The van der Waals surface area contributed by atoms with Crippen molar-refractivity contribution in [3.63, 3.8) is 0 Å². The predicted octanol–water partition coefficient (Wildman–Crippen LogP) is 4.11. The Morgan fingerprint density at radius 1 is 1.14 bits per heavy atom. The summed E-state index contributed by atoms with van der Waals surface area (Å²) in [5, 5.41) is 9.27. The number of hydrogen-bond acceptors (Lipinski definition) is 4. The molecule has 0 heterocycles. The first-order valence-electron chi connectivity index (χ1n) is 6.01. The van der Waals surface area contributed by atoms with Gasteiger partial charge in [-0.25, -0.2) is 0 Å². The maximum atomic E-state index is 11.3. The normalized spacial score (nSPS) is 10.2. The fourth-order valence-corrected chi connectivity index (χ4v) is 3.80. The second-order valence-corrected chi connectivity index (χ2v) is 6.56. The first-order valence-corrected chi connectivity index (χ1v) is 8.17. The van der Waals surface area contributed by atoms with Crippen LogP contribution in [0.25, 0.3) is 0 Å². The first kappa shape index (κ1) is 16.3. The van der Waals surface area contributed by atoms with Crippen molar-refractivity contribution in [1.29, 1.82) is 0 Å². The summed E-state index contributed by atoms with van der Waals surface area (Å²) in [5.41, 5.74) is 0.883. The molecule has 0 unspecified atom stereocenters. The third-order valence-electron chi connectivity index (χ3n) is 2.69. The van der Waals surface area contributed by atoms with Crippen molar-refractivity contribution in [2.75, 3.05) is 7.11 Å². The van der Waals surface area contributed by atoms with E-state index in [1.165, 1.54) is 7.11 Å². The van der Waals surface area contributed by atoms with Crippen molar-refractivity contribution in [1.82, 2.24) is 0 Å². The maximum absolute atomic E-state index is 11.3. The van der Waals surface area contributed by atoms with Gasteiger partial charge in [0, 0.05) is 0 Å². The summed E-state index contributed by atoms with van der Waals surface area (Å²) < 4.78 is 12.3. The van der Waals surface area contributed by atoms with Crippen molar-refractivity contribution in [3.8, 4) is 17.2 Å². The Morgan fingerprint density at radius 3 is 2.24 bits per heavy atom. The molecule has 0 radical (unpaired) electrons. The molecule has 0 spiro atoms. The number of methoxy groups -OCH3 is 1. The molecule has 0 saturated carbocycles. The average Bonchev–Trinajstić information content (AvgIpc) is 2.44. The molecular formula is C15H12I2O4. The van der Waals surface area contributed by atoms with E-state index in [0.29, 0.717) is 5.75 Å². The lowest BCUT2D eigenvalue weighted by Gasteiger charge is -2.12. The zero-order valence-electron chi connectivity index (χ0n) is 11.1. The summed E-state index contributed by atoms with van der Waals surface area (Å²) in [7, 11) is 1.38. The lowest BCUT2D eigenvalue weighted by molar-refractivity contribution is -0.139. The lowest BCUT2D eigenvalue weighted by Crippen LogP contribution is -2.05. The Bertz CT molecular complexity index is 630. The van der Waals surface area contributed by atoms with Gasteiger partial charge in [0.25, 0.3) is 0 Å². The molecule has 0 aliphatic carbocycles. The van der Waals surface area contributed by atoms with Gasteiger partial charge in [-0.1, -0.05) is 0 Å². The van der Waals surface area contributed by atoms with Crippen LogP contribution < -0.4 is 4.74 Å². The molecule has 0 saturated heterocycles. The minimum absolute atomic E-state index is 0.195. The molecule has 0 amide bonds. The molecule has 2 aromatic carbocycles. The van der Waals surface area contributed by atoms with Gasteiger partial charge in [0.15, 0.2) is 5.75 Å². The fraction of sp³-hybridized carbons (Fsp3) is 0.133. The Morgan fingerprint density at radius 2 is 1.71 bits per heavy atom. The molecule has 21 heavy (non-hydrogen) atoms. The summed E-state index contributed by atoms with van der Waals surface area (Å²) in [4.78, 5) is 11.3. The molecule has 0 atom stereocenters. The highest BCUT2D eigenvalue weighted by molar-refractivity contribution is 14.1. The third-order valence-corrected chi connectivity index (χ3v) is 4.29. The van der Waals surface area contributed by atoms with Crippen LogP contribution in [0, 0.1) is 7.14 Å². The number of hydrogen-bond donors (Lipinski definition) is 1. The highest BCUT2D eigenvalue weighted by Crippen LogP contribution is 2.33. The number of phenols is 1. The van der Waals surface area contributed by atoms with Crippen LogP contribution in [0.1, 0.15) is 5.56 Å². The maximum Gasteiger partial charge on any atom is 0.309 e. The SMILES string of the molecule is COC(=O)Cc1cc(I)c(Oc2ccc(O)cc2)c(I)c1. The molecule has 110 valence electrons. The number of carbonyl (C=O) groups is 1. The highest BCUT2D eigenvalue weighted by Gasteiger charge is 2.12. The summed E-state index contributed by atoms with van der Waals surface area (Å²) in [6, 6.07) is 10.3. The van der Waals surface area contributed by atoms with Gasteiger partial charge in [-0.05, 0) is 87.1 Å². The van der Waals surface area contributed by atoms with Gasteiger partial charge in [0.1, 0.15) is 11.5 Å². The Hall–Kier alpha value is -1.03. The van der Waals surface area contributed by atoms with E-state index in [1.807, 2.05) is 12.1 Å². The van der Waals surface area contributed by atoms with Crippen LogP contribution in [0.3, 0.4) is 0 Å². The zero-order chi connectivity index (χ0) is 15.4. The number of benzene rings is 2. The van der Waals surface area contributed by atoms with Gasteiger partial charge in [0.05, 0.1) is 20.7 Å². The number of carbonyl (C=O) groups excluding carboxylic acids is 1. The van der Waals surface area contributed by atoms with E-state index in [0.717, 1.165) is 18.5 Å². The van der Waals surface area contributed by atoms with Crippen LogP contribution >= 0.6 is 45.2 Å². The second kappa shape index (κ2) is 7.30. The monoisotopic (exact) mass is 510 g/mol. The quantitative estimate of drug-likeness (QED) is 0.498. The first-order chi connectivity index (χ1) is 9.99. The minimum atomic E-state index is -0.270. The highest BCUT2D eigenvalue weighted by atomic mass is 127. The van der Waals surface area contributed by atoms with E-state index in [4.69, 9.17) is 4.74 Å². The number of phenolic OH excluding ortho intramolecular Hbond substituents is 1. The van der Waals surface area contributed by atoms with Crippen LogP contribution in [0.5, 0.6) is 17.2 Å². The molecule has 0 bridgehead atoms. The summed E-state index contributed by atoms with van der Waals surface area (Å²) in [5.74, 6) is 1.30. The number of halogens is 2. The molecule has 1 N–H and O–H groups in total. The van der Waals surface area contributed by atoms with E-state index in [9.17, 15) is 9.90 Å². The van der Waals surface area contributed by atoms with Crippen LogP contribution in [0.15, 0.2) is 36.4 Å². The number of esters is 1. The van der Waals surface area contributed by atoms with E-state index in [2.05, 4.69) is 49.9 Å². The summed E-state index contributed by atoms with van der Waals surface area (Å²) in [6.07, 6.45) is 0.238. The van der Waals surface area contributed by atoms with Crippen molar-refractivity contribution in [2.24, 2.45) is 0 Å². The summed E-state index contributed by atoms with van der Waals surface area (Å²) >= 11 is 4.35. The smallest absolute Gasteiger partial charge is 0.309 e. The molecular weight excluding hydrogens is 498 g/mol. The van der Waals surface area contributed by atoms with Crippen LogP contribution in [-0.2, 0) is 16.0 Å². The topological polar surface area (TPSA) is 55.8 Å². The number of ether oxygens (including phenoxy) is 2. The van der Waals surface area contributed by atoms with E-state index in [-0.39, 0.29) is 18.1 Å². The predicted molar refractivity (Wildman–Crippen MR) is 95.8 cm³/mol. The Labute approximate surface area is 149 Å². The van der Waals surface area contributed by atoms with Crippen LogP contribution in [-0.4, -0.2) is 18.2 Å². The molecule has 2 aromatic rings. The van der Waals surface area contributed by atoms with Crippen molar-refractivity contribution >= 4 is 51.2 Å². The standard InChI is InChI=1S/C15H12I2O4/c1-20-14(19)8-9-6-12(16)15(13(17)7-9)21-11-4-2-10(18)3-5-11/h2-7,18H,8H2,1H3. The van der Waals surface area contributed by atoms with E-state index >= 15 is 0 Å². The van der Waals surface area contributed by atoms with Crippen molar-refractivity contribution in [2.45, 2.75) is 6.42 Å². The molecule has 0 aromatic heterocycles. The number of aromatic hydroxyl groups is 1. The lowest BCUT2D eigenvalue weighted by atomic mass is 10.1.